The molecule has 1 aliphatic heterocycles. The van der Waals surface area contributed by atoms with Crippen LogP contribution >= 0.6 is 0 Å². The van der Waals surface area contributed by atoms with Gasteiger partial charge in [-0.05, 0) is 74.9 Å². The van der Waals surface area contributed by atoms with E-state index in [1.165, 1.54) is 18.4 Å². The monoisotopic (exact) mass is 498 g/mol. The van der Waals surface area contributed by atoms with Crippen molar-refractivity contribution in [3.05, 3.63) is 70.9 Å². The molecule has 1 saturated carbocycles. The number of rotatable bonds is 5. The molecule has 6 nitrogen and oxygen atoms in total. The summed E-state index contributed by atoms with van der Waals surface area (Å²) in [6.07, 6.45) is 7.65. The van der Waals surface area contributed by atoms with Crippen molar-refractivity contribution < 1.29 is 9.59 Å². The molecule has 1 aliphatic carbocycles. The Labute approximate surface area is 220 Å². The summed E-state index contributed by atoms with van der Waals surface area (Å²) in [5.41, 5.74) is 5.25. The van der Waals surface area contributed by atoms with Crippen molar-refractivity contribution >= 4 is 17.5 Å². The zero-order valence-electron chi connectivity index (χ0n) is 22.5. The summed E-state index contributed by atoms with van der Waals surface area (Å²) in [5.74, 6) is -0.305. The number of anilines is 1. The van der Waals surface area contributed by atoms with E-state index in [1.54, 1.807) is 9.58 Å². The maximum absolute atomic E-state index is 14.1. The fraction of sp³-hybridized carbons (Fsp3) is 0.452. The summed E-state index contributed by atoms with van der Waals surface area (Å²) in [6, 6.07) is 16.4. The third-order valence-corrected chi connectivity index (χ3v) is 7.96. The van der Waals surface area contributed by atoms with Crippen LogP contribution in [-0.4, -0.2) is 33.2 Å². The van der Waals surface area contributed by atoms with Gasteiger partial charge in [0, 0.05) is 17.3 Å². The van der Waals surface area contributed by atoms with Gasteiger partial charge < -0.3 is 5.32 Å². The molecule has 1 aromatic heterocycles. The van der Waals surface area contributed by atoms with Crippen LogP contribution in [0.15, 0.2) is 48.5 Å². The van der Waals surface area contributed by atoms with Gasteiger partial charge in [0.05, 0.1) is 12.2 Å². The second kappa shape index (κ2) is 10.2. The van der Waals surface area contributed by atoms with E-state index in [0.29, 0.717) is 12.2 Å². The number of aryl methyl sites for hydroxylation is 3. The van der Waals surface area contributed by atoms with Gasteiger partial charge in [0.1, 0.15) is 11.2 Å². The van der Waals surface area contributed by atoms with Crippen molar-refractivity contribution in [2.24, 2.45) is 0 Å². The van der Waals surface area contributed by atoms with Crippen LogP contribution in [0.5, 0.6) is 0 Å². The number of hydrogen-bond acceptors (Lipinski definition) is 3. The maximum atomic E-state index is 14.1. The summed E-state index contributed by atoms with van der Waals surface area (Å²) >= 11 is 0. The number of nitrogens with one attached hydrogen (secondary N) is 1. The molecule has 5 rings (SSSR count). The number of fused-ring (bicyclic) bond motifs is 1. The van der Waals surface area contributed by atoms with Crippen molar-refractivity contribution in [3.63, 3.8) is 0 Å². The first kappa shape index (κ1) is 25.2. The van der Waals surface area contributed by atoms with E-state index in [1.807, 2.05) is 39.0 Å². The SMILES string of the molecule is CCc1ccc(-c2cc3n(n2)C[C@@](C)(C(=O)NC2CCCCCC2)N(c2cc(C)cc(C)c2)C3=O)cc1. The zero-order chi connectivity index (χ0) is 26.2. The molecule has 2 aliphatic rings. The molecule has 0 unspecified atom stereocenters. The smallest absolute Gasteiger partial charge is 0.277 e. The molecule has 0 spiro atoms. The topological polar surface area (TPSA) is 67.2 Å². The van der Waals surface area contributed by atoms with E-state index in [-0.39, 0.29) is 17.9 Å². The molecule has 194 valence electrons. The Hall–Kier alpha value is -3.41. The molecule has 6 heteroatoms. The Kier molecular flexibility index (Phi) is 6.93. The van der Waals surface area contributed by atoms with Crippen LogP contribution in [0.2, 0.25) is 0 Å². The lowest BCUT2D eigenvalue weighted by atomic mass is 9.92. The van der Waals surface area contributed by atoms with Crippen LogP contribution in [-0.2, 0) is 17.8 Å². The van der Waals surface area contributed by atoms with E-state index in [4.69, 9.17) is 5.10 Å². The second-order valence-electron chi connectivity index (χ2n) is 11.0. The molecule has 37 heavy (non-hydrogen) atoms. The predicted octanol–water partition coefficient (Wildman–Crippen LogP) is 5.99. The molecule has 1 N–H and O–H groups in total. The van der Waals surface area contributed by atoms with Crippen LogP contribution in [0.25, 0.3) is 11.3 Å². The van der Waals surface area contributed by atoms with Crippen molar-refractivity contribution in [3.8, 4) is 11.3 Å². The second-order valence-corrected chi connectivity index (χ2v) is 11.0. The summed E-state index contributed by atoms with van der Waals surface area (Å²) in [6.45, 7) is 8.36. The number of carbonyl (C=O) groups is 2. The summed E-state index contributed by atoms with van der Waals surface area (Å²) in [4.78, 5) is 29.9. The molecule has 0 saturated heterocycles. The fourth-order valence-electron chi connectivity index (χ4n) is 5.88. The average molecular weight is 499 g/mol. The first-order valence-corrected chi connectivity index (χ1v) is 13.7. The van der Waals surface area contributed by atoms with Gasteiger partial charge in [-0.1, -0.05) is 62.9 Å². The van der Waals surface area contributed by atoms with E-state index >= 15 is 0 Å². The summed E-state index contributed by atoms with van der Waals surface area (Å²) in [5, 5.41) is 8.15. The van der Waals surface area contributed by atoms with Crippen molar-refractivity contribution in [1.29, 1.82) is 0 Å². The number of carbonyl (C=O) groups excluding carboxylic acids is 2. The molecule has 0 bridgehead atoms. The summed E-state index contributed by atoms with van der Waals surface area (Å²) < 4.78 is 1.73. The highest BCUT2D eigenvalue weighted by atomic mass is 16.2. The van der Waals surface area contributed by atoms with Crippen LogP contribution < -0.4 is 10.2 Å². The van der Waals surface area contributed by atoms with Gasteiger partial charge in [0.2, 0.25) is 5.91 Å². The molecular formula is C31H38N4O2. The average Bonchev–Trinajstić information content (AvgIpc) is 3.12. The van der Waals surface area contributed by atoms with Gasteiger partial charge >= 0.3 is 0 Å². The van der Waals surface area contributed by atoms with E-state index < -0.39 is 5.54 Å². The predicted molar refractivity (Wildman–Crippen MR) is 148 cm³/mol. The van der Waals surface area contributed by atoms with Gasteiger partial charge in [0.25, 0.3) is 5.91 Å². The minimum absolute atomic E-state index is 0.109. The van der Waals surface area contributed by atoms with Gasteiger partial charge in [-0.2, -0.15) is 5.10 Å². The van der Waals surface area contributed by atoms with Crippen molar-refractivity contribution in [2.75, 3.05) is 4.90 Å². The van der Waals surface area contributed by atoms with Gasteiger partial charge in [-0.15, -0.1) is 0 Å². The minimum Gasteiger partial charge on any atom is -0.351 e. The zero-order valence-corrected chi connectivity index (χ0v) is 22.5. The summed E-state index contributed by atoms with van der Waals surface area (Å²) in [7, 11) is 0. The number of hydrogen-bond donors (Lipinski definition) is 1. The number of nitrogens with zero attached hydrogens (tertiary/aromatic N) is 3. The van der Waals surface area contributed by atoms with Gasteiger partial charge in [0.15, 0.2) is 0 Å². The molecule has 0 radical (unpaired) electrons. The van der Waals surface area contributed by atoms with Gasteiger partial charge in [-0.3, -0.25) is 19.2 Å². The largest absolute Gasteiger partial charge is 0.351 e. The first-order chi connectivity index (χ1) is 17.8. The molecule has 2 amide bonds. The maximum Gasteiger partial charge on any atom is 0.277 e. The highest BCUT2D eigenvalue weighted by Crippen LogP contribution is 2.35. The normalized spacial score (nSPS) is 20.4. The standard InChI is InChI=1S/C31H38N4O2/c1-5-23-12-14-24(15-13-23)27-19-28-29(36)35(26-17-21(2)16-22(3)18-26)31(4,20-34(28)33-27)30(37)32-25-10-8-6-7-9-11-25/h12-19,25H,5-11,20H2,1-4H3,(H,32,37)/t31-/m0/s1. The van der Waals surface area contributed by atoms with E-state index in [0.717, 1.165) is 60.2 Å². The number of aromatic nitrogens is 2. The lowest BCUT2D eigenvalue weighted by molar-refractivity contribution is -0.127. The highest BCUT2D eigenvalue weighted by Gasteiger charge is 2.49. The lowest BCUT2D eigenvalue weighted by Gasteiger charge is -2.44. The van der Waals surface area contributed by atoms with Crippen LogP contribution in [0.4, 0.5) is 5.69 Å². The Morgan fingerprint density at radius 1 is 1.00 bits per heavy atom. The molecule has 1 atom stereocenters. The molecule has 1 fully saturated rings. The lowest BCUT2D eigenvalue weighted by Crippen LogP contribution is -2.65. The fourth-order valence-corrected chi connectivity index (χ4v) is 5.88. The van der Waals surface area contributed by atoms with Gasteiger partial charge in [-0.25, -0.2) is 0 Å². The third kappa shape index (κ3) is 4.94. The number of benzene rings is 2. The highest BCUT2D eigenvalue weighted by molar-refractivity contribution is 6.12. The first-order valence-electron chi connectivity index (χ1n) is 13.7. The Morgan fingerprint density at radius 3 is 2.27 bits per heavy atom. The van der Waals surface area contributed by atoms with Crippen LogP contribution in [0.1, 0.15) is 79.6 Å². The Bertz CT molecular complexity index is 1280. The molecule has 3 aromatic rings. The van der Waals surface area contributed by atoms with Crippen molar-refractivity contribution in [1.82, 2.24) is 15.1 Å². The Morgan fingerprint density at radius 2 is 1.65 bits per heavy atom. The molecular weight excluding hydrogens is 460 g/mol. The molecule has 2 heterocycles. The number of amides is 2. The quantitative estimate of drug-likeness (QED) is 0.440. The van der Waals surface area contributed by atoms with Crippen LogP contribution in [0.3, 0.4) is 0 Å². The van der Waals surface area contributed by atoms with E-state index in [9.17, 15) is 9.59 Å². The van der Waals surface area contributed by atoms with Crippen LogP contribution in [0, 0.1) is 13.8 Å². The third-order valence-electron chi connectivity index (χ3n) is 7.96. The van der Waals surface area contributed by atoms with E-state index in [2.05, 4.69) is 42.6 Å². The minimum atomic E-state index is -1.11. The molecule has 2 aromatic carbocycles. The Balaban J connectivity index is 1.55. The van der Waals surface area contributed by atoms with Crippen molar-refractivity contribution in [2.45, 2.75) is 90.8 Å².